The monoisotopic (exact) mass is 514 g/mol. The lowest BCUT2D eigenvalue weighted by atomic mass is 10.2. The van der Waals surface area contributed by atoms with Crippen LogP contribution < -0.4 is 15.7 Å². The highest BCUT2D eigenvalue weighted by atomic mass is 32.2. The van der Waals surface area contributed by atoms with Crippen LogP contribution in [0.3, 0.4) is 0 Å². The van der Waals surface area contributed by atoms with Crippen LogP contribution in [0.25, 0.3) is 10.9 Å². The number of hydroxylamine groups is 1. The van der Waals surface area contributed by atoms with Crippen LogP contribution in [0.1, 0.15) is 15.9 Å². The topological polar surface area (TPSA) is 136 Å². The number of terminal acetylenes is 1. The lowest BCUT2D eigenvalue weighted by Gasteiger charge is -2.33. The molecular formula is C25H22N8O3S. The highest BCUT2D eigenvalue weighted by Gasteiger charge is 2.24. The average molecular weight is 515 g/mol. The maximum Gasteiger partial charge on any atom is 0.277 e. The second-order valence-corrected chi connectivity index (χ2v) is 9.62. The lowest BCUT2D eigenvalue weighted by molar-refractivity contribution is 0.0705. The summed E-state index contributed by atoms with van der Waals surface area (Å²) < 4.78 is 15.3. The summed E-state index contributed by atoms with van der Waals surface area (Å²) >= 11 is 0. The van der Waals surface area contributed by atoms with E-state index in [1.165, 1.54) is 18.7 Å². The van der Waals surface area contributed by atoms with Gasteiger partial charge < -0.3 is 10.2 Å². The van der Waals surface area contributed by atoms with Gasteiger partial charge in [0, 0.05) is 55.2 Å². The van der Waals surface area contributed by atoms with E-state index in [0.717, 1.165) is 22.2 Å². The molecular weight excluding hydrogens is 492 g/mol. The summed E-state index contributed by atoms with van der Waals surface area (Å²) in [5.41, 5.74) is 3.99. The molecule has 5 rings (SSSR count). The fraction of sp³-hybridized carbons (Fsp3) is 0.160. The molecule has 2 aromatic heterocycles. The Labute approximate surface area is 215 Å². The largest absolute Gasteiger partial charge is 0.340 e. The summed E-state index contributed by atoms with van der Waals surface area (Å²) in [4.78, 5) is 31.2. The van der Waals surface area contributed by atoms with Crippen LogP contribution >= 0.6 is 0 Å². The number of nitrogens with zero attached hydrogens (tertiary/aromatic N) is 6. The smallest absolute Gasteiger partial charge is 0.277 e. The van der Waals surface area contributed by atoms with Gasteiger partial charge in [0.1, 0.15) is 23.1 Å². The van der Waals surface area contributed by atoms with Crippen molar-refractivity contribution in [1.29, 1.82) is 0 Å². The van der Waals surface area contributed by atoms with Crippen LogP contribution in [-0.4, -0.2) is 65.7 Å². The summed E-state index contributed by atoms with van der Waals surface area (Å²) in [5.74, 6) is 3.01. The molecule has 1 saturated heterocycles. The number of nitrogens with one attached hydrogen (secondary N) is 2. The van der Waals surface area contributed by atoms with Crippen molar-refractivity contribution in [1.82, 2.24) is 29.7 Å². The summed E-state index contributed by atoms with van der Waals surface area (Å²) in [7, 11) is -1.39. The Bertz CT molecular complexity index is 1510. The third kappa shape index (κ3) is 5.24. The molecule has 37 heavy (non-hydrogen) atoms. The second kappa shape index (κ2) is 10.7. The molecule has 1 atom stereocenters. The average Bonchev–Trinajstić information content (AvgIpc) is 2.96. The zero-order valence-corrected chi connectivity index (χ0v) is 20.4. The predicted molar refractivity (Wildman–Crippen MR) is 139 cm³/mol. The molecule has 2 aromatic carbocycles. The number of benzene rings is 2. The summed E-state index contributed by atoms with van der Waals surface area (Å²) in [6.45, 7) is 2.18. The number of piperazine rings is 1. The van der Waals surface area contributed by atoms with Crippen LogP contribution in [0.4, 0.5) is 17.5 Å². The van der Waals surface area contributed by atoms with Crippen molar-refractivity contribution < 1.29 is 14.2 Å². The first-order chi connectivity index (χ1) is 18.1. The number of hydrogen-bond donors (Lipinski definition) is 3. The van der Waals surface area contributed by atoms with E-state index in [1.807, 2.05) is 51.7 Å². The molecule has 12 heteroatoms. The number of amides is 1. The molecule has 0 bridgehead atoms. The highest BCUT2D eigenvalue weighted by Crippen LogP contribution is 2.26. The van der Waals surface area contributed by atoms with Crippen molar-refractivity contribution in [3.05, 3.63) is 72.3 Å². The van der Waals surface area contributed by atoms with E-state index in [-0.39, 0.29) is 5.56 Å². The molecule has 11 nitrogen and oxygen atoms in total. The van der Waals surface area contributed by atoms with Gasteiger partial charge in [0.2, 0.25) is 5.95 Å². The predicted octanol–water partition coefficient (Wildman–Crippen LogP) is 2.11. The number of rotatable bonds is 6. The quantitative estimate of drug-likeness (QED) is 0.201. The number of hydrogen-bond acceptors (Lipinski definition) is 9. The maximum atomic E-state index is 13.4. The van der Waals surface area contributed by atoms with Gasteiger partial charge >= 0.3 is 0 Å². The molecule has 1 aliphatic rings. The first-order valence-electron chi connectivity index (χ1n) is 11.3. The fourth-order valence-electron chi connectivity index (χ4n) is 3.94. The van der Waals surface area contributed by atoms with E-state index in [9.17, 15) is 9.00 Å². The second-order valence-electron chi connectivity index (χ2n) is 8.13. The van der Waals surface area contributed by atoms with Gasteiger partial charge in [0.15, 0.2) is 0 Å². The SMILES string of the molecule is C#Cc1cccc(Nc2ncnc3ccc(S(=O)N4CCN(c5ncc(C(=O)NO)cn5)CC4)cc23)c1. The molecule has 3 N–H and O–H groups in total. The third-order valence-corrected chi connectivity index (χ3v) is 7.35. The van der Waals surface area contributed by atoms with Crippen LogP contribution in [0.5, 0.6) is 0 Å². The molecule has 0 aliphatic carbocycles. The van der Waals surface area contributed by atoms with Gasteiger partial charge in [-0.05, 0) is 36.4 Å². The Morgan fingerprint density at radius 1 is 1.03 bits per heavy atom. The minimum Gasteiger partial charge on any atom is -0.340 e. The molecule has 1 amide bonds. The van der Waals surface area contributed by atoms with E-state index in [4.69, 9.17) is 11.6 Å². The Kier molecular flexibility index (Phi) is 7.00. The van der Waals surface area contributed by atoms with E-state index in [2.05, 4.69) is 31.2 Å². The van der Waals surface area contributed by atoms with Crippen LogP contribution in [-0.2, 0) is 11.0 Å². The Balaban J connectivity index is 1.30. The first-order valence-corrected chi connectivity index (χ1v) is 12.4. The summed E-state index contributed by atoms with van der Waals surface area (Å²) in [6, 6.07) is 13.0. The Hall–Kier alpha value is -4.44. The van der Waals surface area contributed by atoms with Crippen molar-refractivity contribution >= 4 is 45.2 Å². The first kappa shape index (κ1) is 24.3. The minimum absolute atomic E-state index is 0.156. The lowest BCUT2D eigenvalue weighted by Crippen LogP contribution is -2.47. The molecule has 0 radical (unpaired) electrons. The molecule has 1 aliphatic heterocycles. The van der Waals surface area contributed by atoms with Crippen LogP contribution in [0.15, 0.2) is 66.1 Å². The fourth-order valence-corrected chi connectivity index (χ4v) is 5.13. The van der Waals surface area contributed by atoms with Crippen molar-refractivity contribution in [3.63, 3.8) is 0 Å². The maximum absolute atomic E-state index is 13.4. The Morgan fingerprint density at radius 3 is 2.54 bits per heavy atom. The minimum atomic E-state index is -1.39. The zero-order valence-electron chi connectivity index (χ0n) is 19.5. The van der Waals surface area contributed by atoms with E-state index in [1.54, 1.807) is 5.48 Å². The number of carbonyl (C=O) groups is 1. The Morgan fingerprint density at radius 2 is 1.81 bits per heavy atom. The normalized spacial score (nSPS) is 14.6. The van der Waals surface area contributed by atoms with Gasteiger partial charge in [-0.15, -0.1) is 6.42 Å². The van der Waals surface area contributed by atoms with Gasteiger partial charge in [-0.2, -0.15) is 0 Å². The molecule has 3 heterocycles. The highest BCUT2D eigenvalue weighted by molar-refractivity contribution is 7.82. The molecule has 186 valence electrons. The van der Waals surface area contributed by atoms with Gasteiger partial charge in [0.25, 0.3) is 5.91 Å². The number of anilines is 3. The van der Waals surface area contributed by atoms with Gasteiger partial charge in [-0.3, -0.25) is 10.0 Å². The van der Waals surface area contributed by atoms with Gasteiger partial charge in [-0.1, -0.05) is 12.0 Å². The van der Waals surface area contributed by atoms with Crippen molar-refractivity contribution in [2.45, 2.75) is 4.90 Å². The number of carbonyl (C=O) groups excluding carboxylic acids is 1. The number of fused-ring (bicyclic) bond motifs is 1. The molecule has 1 fully saturated rings. The van der Waals surface area contributed by atoms with Crippen molar-refractivity contribution in [3.8, 4) is 12.3 Å². The standard InChI is InChI=1S/C25H22N8O3S/c1-2-17-4-3-5-19(12-17)30-23-21-13-20(6-7-22(21)28-16-29-23)37(36)33-10-8-32(9-11-33)25-26-14-18(15-27-25)24(34)31-35/h1,3-7,12-16,35H,8-11H2,(H,31,34)(H,28,29,30). The van der Waals surface area contributed by atoms with E-state index >= 15 is 0 Å². The van der Waals surface area contributed by atoms with Gasteiger partial charge in [0.05, 0.1) is 16.0 Å². The van der Waals surface area contributed by atoms with E-state index in [0.29, 0.717) is 42.8 Å². The third-order valence-electron chi connectivity index (χ3n) is 5.86. The molecule has 0 saturated carbocycles. The van der Waals surface area contributed by atoms with Crippen molar-refractivity contribution in [2.24, 2.45) is 0 Å². The van der Waals surface area contributed by atoms with Crippen molar-refractivity contribution in [2.75, 3.05) is 36.4 Å². The van der Waals surface area contributed by atoms with Crippen LogP contribution in [0, 0.1) is 12.3 Å². The molecule has 0 spiro atoms. The van der Waals surface area contributed by atoms with Crippen LogP contribution in [0.2, 0.25) is 0 Å². The van der Waals surface area contributed by atoms with Gasteiger partial charge in [-0.25, -0.2) is 33.9 Å². The molecule has 4 aromatic rings. The molecule has 1 unspecified atom stereocenters. The zero-order chi connectivity index (χ0) is 25.8. The number of aromatic nitrogens is 4. The van der Waals surface area contributed by atoms with E-state index < -0.39 is 16.9 Å². The summed E-state index contributed by atoms with van der Waals surface area (Å²) in [5, 5.41) is 12.8. The summed E-state index contributed by atoms with van der Waals surface area (Å²) in [6.07, 6.45) is 9.70.